The van der Waals surface area contributed by atoms with E-state index in [1.165, 1.54) is 16.5 Å². The standard InChI is InChI=1S/C29H31N5O/c1-19-2-3-23(17-27(19)33-18-20-6-10-30-11-7-20)29(35)34-24-4-5-25(34)16-21(15-24)14-22-8-12-31-28-26(22)9-13-32-28/h2-3,6-13,17,21,24-25,33H,4-5,14-16,18H2,1H3,(H,31,32). The normalized spacial score (nSPS) is 21.4. The van der Waals surface area contributed by atoms with E-state index in [2.05, 4.69) is 50.3 Å². The van der Waals surface area contributed by atoms with Gasteiger partial charge in [0, 0.05) is 60.1 Å². The van der Waals surface area contributed by atoms with E-state index in [0.717, 1.165) is 54.6 Å². The van der Waals surface area contributed by atoms with E-state index < -0.39 is 0 Å². The molecule has 2 unspecified atom stereocenters. The summed E-state index contributed by atoms with van der Waals surface area (Å²) >= 11 is 0. The Morgan fingerprint density at radius 1 is 1.06 bits per heavy atom. The first-order chi connectivity index (χ1) is 17.2. The molecule has 6 rings (SSSR count). The average molecular weight is 466 g/mol. The minimum atomic E-state index is 0.180. The summed E-state index contributed by atoms with van der Waals surface area (Å²) in [5, 5.41) is 4.73. The molecule has 5 heterocycles. The van der Waals surface area contributed by atoms with Gasteiger partial charge in [-0.25, -0.2) is 4.98 Å². The maximum Gasteiger partial charge on any atom is 0.254 e. The summed E-state index contributed by atoms with van der Waals surface area (Å²) in [7, 11) is 0. The number of aromatic amines is 1. The second-order valence-corrected chi connectivity index (χ2v) is 10.1. The van der Waals surface area contributed by atoms with Crippen molar-refractivity contribution in [2.24, 2.45) is 5.92 Å². The van der Waals surface area contributed by atoms with Crippen LogP contribution in [0.3, 0.4) is 0 Å². The Morgan fingerprint density at radius 3 is 2.66 bits per heavy atom. The summed E-state index contributed by atoms with van der Waals surface area (Å²) < 4.78 is 0. The molecule has 35 heavy (non-hydrogen) atoms. The first kappa shape index (κ1) is 21.8. The number of rotatable bonds is 6. The molecule has 178 valence electrons. The SMILES string of the molecule is Cc1ccc(C(=O)N2C3CCC2CC(Cc2ccnc4[nH]ccc24)C3)cc1NCc1ccncc1. The van der Waals surface area contributed by atoms with Crippen LogP contribution in [0.1, 0.15) is 52.7 Å². The Labute approximate surface area is 205 Å². The number of benzene rings is 1. The Hall–Kier alpha value is -3.67. The average Bonchev–Trinajstić information content (AvgIpc) is 3.47. The van der Waals surface area contributed by atoms with Crippen LogP contribution in [-0.4, -0.2) is 37.8 Å². The molecule has 2 bridgehead atoms. The van der Waals surface area contributed by atoms with Gasteiger partial charge in [0.05, 0.1) is 0 Å². The fourth-order valence-corrected chi connectivity index (χ4v) is 6.09. The lowest BCUT2D eigenvalue weighted by Crippen LogP contribution is -2.46. The molecular weight excluding hydrogens is 434 g/mol. The zero-order valence-electron chi connectivity index (χ0n) is 20.1. The summed E-state index contributed by atoms with van der Waals surface area (Å²) in [6.45, 7) is 2.79. The van der Waals surface area contributed by atoms with Crippen molar-refractivity contribution in [1.29, 1.82) is 0 Å². The highest BCUT2D eigenvalue weighted by atomic mass is 16.2. The number of piperidine rings is 1. The molecule has 0 aliphatic carbocycles. The zero-order valence-corrected chi connectivity index (χ0v) is 20.1. The van der Waals surface area contributed by atoms with Gasteiger partial charge in [0.25, 0.3) is 5.91 Å². The predicted molar refractivity (Wildman–Crippen MR) is 138 cm³/mol. The number of aryl methyl sites for hydroxylation is 1. The number of nitrogens with one attached hydrogen (secondary N) is 2. The number of fused-ring (bicyclic) bond motifs is 3. The van der Waals surface area contributed by atoms with E-state index in [1.54, 1.807) is 12.4 Å². The minimum absolute atomic E-state index is 0.180. The number of carbonyl (C=O) groups is 1. The van der Waals surface area contributed by atoms with Gasteiger partial charge in [0.1, 0.15) is 5.65 Å². The number of nitrogens with zero attached hydrogens (tertiary/aromatic N) is 3. The Balaban J connectivity index is 1.16. The number of hydrogen-bond acceptors (Lipinski definition) is 4. The van der Waals surface area contributed by atoms with Crippen LogP contribution in [0, 0.1) is 12.8 Å². The molecule has 1 aromatic carbocycles. The van der Waals surface area contributed by atoms with Crippen LogP contribution in [0.2, 0.25) is 0 Å². The van der Waals surface area contributed by atoms with Gasteiger partial charge < -0.3 is 15.2 Å². The number of H-pyrrole nitrogens is 1. The molecule has 4 aromatic rings. The van der Waals surface area contributed by atoms with Gasteiger partial charge in [0.15, 0.2) is 0 Å². The lowest BCUT2D eigenvalue weighted by atomic mass is 9.85. The Morgan fingerprint density at radius 2 is 1.86 bits per heavy atom. The van der Waals surface area contributed by atoms with E-state index in [9.17, 15) is 4.79 Å². The molecule has 2 N–H and O–H groups in total. The van der Waals surface area contributed by atoms with E-state index in [0.29, 0.717) is 24.5 Å². The number of carbonyl (C=O) groups excluding carboxylic acids is 1. The van der Waals surface area contributed by atoms with Crippen LogP contribution in [0.5, 0.6) is 0 Å². The van der Waals surface area contributed by atoms with Crippen LogP contribution < -0.4 is 5.32 Å². The number of aromatic nitrogens is 3. The van der Waals surface area contributed by atoms with Crippen LogP contribution in [0.15, 0.2) is 67.3 Å². The summed E-state index contributed by atoms with van der Waals surface area (Å²) in [5.74, 6) is 0.785. The van der Waals surface area contributed by atoms with E-state index in [-0.39, 0.29) is 5.91 Å². The van der Waals surface area contributed by atoms with Gasteiger partial charge in [0.2, 0.25) is 0 Å². The molecule has 0 saturated carbocycles. The number of anilines is 1. The molecule has 1 amide bonds. The largest absolute Gasteiger partial charge is 0.381 e. The van der Waals surface area contributed by atoms with Crippen molar-refractivity contribution in [1.82, 2.24) is 19.9 Å². The first-order valence-corrected chi connectivity index (χ1v) is 12.6. The van der Waals surface area contributed by atoms with Crippen LogP contribution in [0.4, 0.5) is 5.69 Å². The second kappa shape index (κ2) is 9.17. The highest BCUT2D eigenvalue weighted by Crippen LogP contribution is 2.41. The first-order valence-electron chi connectivity index (χ1n) is 12.6. The minimum Gasteiger partial charge on any atom is -0.381 e. The molecule has 6 nitrogen and oxygen atoms in total. The third-order valence-corrected chi connectivity index (χ3v) is 7.84. The van der Waals surface area contributed by atoms with E-state index in [4.69, 9.17) is 0 Å². The van der Waals surface area contributed by atoms with Gasteiger partial charge in [-0.2, -0.15) is 0 Å². The molecule has 2 aliphatic rings. The summed E-state index contributed by atoms with van der Waals surface area (Å²) in [6.07, 6.45) is 12.9. The lowest BCUT2D eigenvalue weighted by Gasteiger charge is -2.39. The molecule has 2 aliphatic heterocycles. The van der Waals surface area contributed by atoms with Crippen molar-refractivity contribution >= 4 is 22.6 Å². The Bertz CT molecular complexity index is 1330. The number of hydrogen-bond donors (Lipinski definition) is 2. The number of pyridine rings is 2. The summed E-state index contributed by atoms with van der Waals surface area (Å²) in [6, 6.07) is 15.0. The van der Waals surface area contributed by atoms with Crippen molar-refractivity contribution in [2.75, 3.05) is 5.32 Å². The summed E-state index contributed by atoms with van der Waals surface area (Å²) in [5.41, 5.74) is 6.44. The maximum absolute atomic E-state index is 13.7. The predicted octanol–water partition coefficient (Wildman–Crippen LogP) is 5.50. The lowest BCUT2D eigenvalue weighted by molar-refractivity contribution is 0.0525. The molecule has 2 atom stereocenters. The third kappa shape index (κ3) is 4.29. The highest BCUT2D eigenvalue weighted by molar-refractivity contribution is 5.96. The van der Waals surface area contributed by atoms with Crippen molar-refractivity contribution in [3.8, 4) is 0 Å². The van der Waals surface area contributed by atoms with Gasteiger partial charge >= 0.3 is 0 Å². The molecule has 6 heteroatoms. The second-order valence-electron chi connectivity index (χ2n) is 10.1. The smallest absolute Gasteiger partial charge is 0.254 e. The highest BCUT2D eigenvalue weighted by Gasteiger charge is 2.43. The van der Waals surface area contributed by atoms with E-state index >= 15 is 0 Å². The monoisotopic (exact) mass is 465 g/mol. The molecule has 2 saturated heterocycles. The van der Waals surface area contributed by atoms with Gasteiger partial charge in [-0.05, 0) is 98.0 Å². The van der Waals surface area contributed by atoms with Crippen molar-refractivity contribution in [3.63, 3.8) is 0 Å². The fourth-order valence-electron chi connectivity index (χ4n) is 6.09. The van der Waals surface area contributed by atoms with Crippen molar-refractivity contribution < 1.29 is 4.79 Å². The maximum atomic E-state index is 13.7. The van der Waals surface area contributed by atoms with Crippen LogP contribution >= 0.6 is 0 Å². The Kier molecular flexibility index (Phi) is 5.72. The third-order valence-electron chi connectivity index (χ3n) is 7.84. The van der Waals surface area contributed by atoms with Gasteiger partial charge in [-0.15, -0.1) is 0 Å². The fraction of sp³-hybridized carbons (Fsp3) is 0.345. The van der Waals surface area contributed by atoms with Crippen molar-refractivity contribution in [3.05, 3.63) is 89.5 Å². The van der Waals surface area contributed by atoms with Crippen molar-refractivity contribution in [2.45, 2.75) is 57.7 Å². The topological polar surface area (TPSA) is 73.9 Å². The van der Waals surface area contributed by atoms with Crippen LogP contribution in [-0.2, 0) is 13.0 Å². The zero-order chi connectivity index (χ0) is 23.8. The van der Waals surface area contributed by atoms with Gasteiger partial charge in [-0.1, -0.05) is 6.07 Å². The van der Waals surface area contributed by atoms with E-state index in [1.807, 2.05) is 36.7 Å². The quantitative estimate of drug-likeness (QED) is 0.394. The summed E-state index contributed by atoms with van der Waals surface area (Å²) in [4.78, 5) is 27.6. The van der Waals surface area contributed by atoms with Crippen LogP contribution in [0.25, 0.3) is 11.0 Å². The molecule has 0 radical (unpaired) electrons. The van der Waals surface area contributed by atoms with Gasteiger partial charge in [-0.3, -0.25) is 9.78 Å². The molecule has 2 fully saturated rings. The molecular formula is C29H31N5O. The number of amides is 1. The molecule has 0 spiro atoms. The molecule has 3 aromatic heterocycles.